The molecule has 6 heteroatoms. The van der Waals surface area contributed by atoms with Crippen molar-refractivity contribution in [3.8, 4) is 5.75 Å². The molecule has 2 aromatic carbocycles. The number of rotatable bonds is 5. The van der Waals surface area contributed by atoms with Crippen LogP contribution in [0.4, 0.5) is 0 Å². The number of furan rings is 1. The van der Waals surface area contributed by atoms with E-state index in [-0.39, 0.29) is 17.9 Å². The Kier molecular flexibility index (Phi) is 4.56. The predicted octanol–water partition coefficient (Wildman–Crippen LogP) is 3.57. The van der Waals surface area contributed by atoms with Gasteiger partial charge >= 0.3 is 0 Å². The van der Waals surface area contributed by atoms with Crippen LogP contribution in [-0.2, 0) is 0 Å². The summed E-state index contributed by atoms with van der Waals surface area (Å²) in [6.45, 7) is 2.86. The predicted molar refractivity (Wildman–Crippen MR) is 108 cm³/mol. The van der Waals surface area contributed by atoms with Crippen molar-refractivity contribution in [2.24, 2.45) is 0 Å². The molecule has 0 atom stereocenters. The second kappa shape index (κ2) is 7.37. The number of ether oxygens (including phenoxy) is 1. The molecule has 0 aliphatic carbocycles. The second-order valence-electron chi connectivity index (χ2n) is 7.56. The third kappa shape index (κ3) is 3.29. The van der Waals surface area contributed by atoms with Crippen molar-refractivity contribution in [3.63, 3.8) is 0 Å². The Morgan fingerprint density at radius 1 is 0.897 bits per heavy atom. The molecule has 0 spiro atoms. The second-order valence-corrected chi connectivity index (χ2v) is 7.56. The van der Waals surface area contributed by atoms with Gasteiger partial charge in [-0.1, -0.05) is 24.3 Å². The van der Waals surface area contributed by atoms with E-state index in [2.05, 4.69) is 4.90 Å². The van der Waals surface area contributed by atoms with Crippen molar-refractivity contribution in [2.75, 3.05) is 26.2 Å². The molecule has 0 unspecified atom stereocenters. The minimum absolute atomic E-state index is 0.140. The zero-order valence-electron chi connectivity index (χ0n) is 16.0. The third-order valence-electron chi connectivity index (χ3n) is 5.79. The molecule has 148 valence electrons. The largest absolute Gasteiger partial charge is 0.486 e. The summed E-state index contributed by atoms with van der Waals surface area (Å²) < 4.78 is 11.7. The number of piperidine rings is 1. The molecule has 1 fully saturated rings. The van der Waals surface area contributed by atoms with Crippen LogP contribution in [0.25, 0.3) is 11.0 Å². The van der Waals surface area contributed by atoms with Gasteiger partial charge in [0, 0.05) is 31.6 Å². The average Bonchev–Trinajstić information content (AvgIpc) is 3.33. The van der Waals surface area contributed by atoms with Crippen LogP contribution in [0, 0.1) is 0 Å². The first kappa shape index (κ1) is 17.9. The zero-order chi connectivity index (χ0) is 19.8. The molecule has 0 saturated carbocycles. The van der Waals surface area contributed by atoms with Crippen LogP contribution in [-0.4, -0.2) is 53.9 Å². The molecule has 3 heterocycles. The molecule has 2 amide bonds. The standard InChI is InChI=1S/C23H22N2O4/c26-22-18-5-1-2-6-19(18)23(27)25(22)14-13-24-11-8-17(9-12-24)29-20-7-3-4-16-10-15-28-21(16)20/h1-7,10,15,17H,8-9,11-14H2. The highest BCUT2D eigenvalue weighted by Gasteiger charge is 2.35. The van der Waals surface area contributed by atoms with Crippen LogP contribution in [0.3, 0.4) is 0 Å². The number of hydrogen-bond acceptors (Lipinski definition) is 5. The van der Waals surface area contributed by atoms with Crippen molar-refractivity contribution in [1.29, 1.82) is 0 Å². The first-order chi connectivity index (χ1) is 14.2. The van der Waals surface area contributed by atoms with E-state index in [9.17, 15) is 9.59 Å². The number of amides is 2. The zero-order valence-corrected chi connectivity index (χ0v) is 16.0. The molecule has 5 rings (SSSR count). The molecule has 2 aliphatic rings. The van der Waals surface area contributed by atoms with E-state index in [1.165, 1.54) is 4.90 Å². The summed E-state index contributed by atoms with van der Waals surface area (Å²) in [5.74, 6) is 0.419. The fourth-order valence-electron chi connectivity index (χ4n) is 4.17. The van der Waals surface area contributed by atoms with Crippen molar-refractivity contribution in [1.82, 2.24) is 9.80 Å². The van der Waals surface area contributed by atoms with E-state index in [4.69, 9.17) is 9.15 Å². The first-order valence-corrected chi connectivity index (χ1v) is 10.0. The highest BCUT2D eigenvalue weighted by molar-refractivity contribution is 6.21. The SMILES string of the molecule is O=C1c2ccccc2C(=O)N1CCN1CCC(Oc2cccc3ccoc23)CC1. The fraction of sp³-hybridized carbons (Fsp3) is 0.304. The number of nitrogens with zero attached hydrogens (tertiary/aromatic N) is 2. The van der Waals surface area contributed by atoms with E-state index >= 15 is 0 Å². The number of hydrogen-bond donors (Lipinski definition) is 0. The lowest BCUT2D eigenvalue weighted by Gasteiger charge is -2.32. The van der Waals surface area contributed by atoms with Gasteiger partial charge in [-0.15, -0.1) is 0 Å². The van der Waals surface area contributed by atoms with Gasteiger partial charge in [0.2, 0.25) is 0 Å². The number of imide groups is 1. The van der Waals surface area contributed by atoms with Crippen molar-refractivity contribution < 1.29 is 18.7 Å². The van der Waals surface area contributed by atoms with Crippen molar-refractivity contribution in [2.45, 2.75) is 18.9 Å². The molecule has 3 aromatic rings. The lowest BCUT2D eigenvalue weighted by Crippen LogP contribution is -2.43. The summed E-state index contributed by atoms with van der Waals surface area (Å²) in [7, 11) is 0. The van der Waals surface area contributed by atoms with Gasteiger partial charge in [-0.25, -0.2) is 0 Å². The summed E-state index contributed by atoms with van der Waals surface area (Å²) in [5.41, 5.74) is 1.81. The smallest absolute Gasteiger partial charge is 0.261 e. The van der Waals surface area contributed by atoms with E-state index in [1.54, 1.807) is 30.5 Å². The van der Waals surface area contributed by atoms with E-state index in [1.807, 2.05) is 24.3 Å². The van der Waals surface area contributed by atoms with Gasteiger partial charge in [-0.05, 0) is 37.1 Å². The number of carbonyl (C=O) groups is 2. The van der Waals surface area contributed by atoms with Crippen LogP contribution in [0.1, 0.15) is 33.6 Å². The Hall–Kier alpha value is -3.12. The molecule has 29 heavy (non-hydrogen) atoms. The maximum Gasteiger partial charge on any atom is 0.261 e. The lowest BCUT2D eigenvalue weighted by atomic mass is 10.1. The average molecular weight is 390 g/mol. The maximum atomic E-state index is 12.5. The highest BCUT2D eigenvalue weighted by Crippen LogP contribution is 2.29. The van der Waals surface area contributed by atoms with E-state index < -0.39 is 0 Å². The van der Waals surface area contributed by atoms with Gasteiger partial charge in [0.15, 0.2) is 11.3 Å². The fourth-order valence-corrected chi connectivity index (χ4v) is 4.17. The minimum Gasteiger partial charge on any atom is -0.486 e. The Morgan fingerprint density at radius 3 is 2.34 bits per heavy atom. The number of para-hydroxylation sites is 1. The molecule has 2 aliphatic heterocycles. The van der Waals surface area contributed by atoms with Gasteiger partial charge in [-0.3, -0.25) is 14.5 Å². The van der Waals surface area contributed by atoms with Gasteiger partial charge in [-0.2, -0.15) is 0 Å². The number of carbonyl (C=O) groups excluding carboxylic acids is 2. The van der Waals surface area contributed by atoms with Crippen LogP contribution in [0.2, 0.25) is 0 Å². The molecular weight excluding hydrogens is 368 g/mol. The van der Waals surface area contributed by atoms with E-state index in [0.29, 0.717) is 24.2 Å². The van der Waals surface area contributed by atoms with Crippen molar-refractivity contribution >= 4 is 22.8 Å². The summed E-state index contributed by atoms with van der Waals surface area (Å²) in [6, 6.07) is 14.9. The Morgan fingerprint density at radius 2 is 1.62 bits per heavy atom. The van der Waals surface area contributed by atoms with Crippen LogP contribution in [0.15, 0.2) is 59.2 Å². The normalized spacial score (nSPS) is 17.9. The van der Waals surface area contributed by atoms with Crippen LogP contribution >= 0.6 is 0 Å². The van der Waals surface area contributed by atoms with Gasteiger partial charge in [0.25, 0.3) is 11.8 Å². The first-order valence-electron chi connectivity index (χ1n) is 10.0. The Bertz CT molecular complexity index is 1030. The van der Waals surface area contributed by atoms with Crippen LogP contribution < -0.4 is 4.74 Å². The summed E-state index contributed by atoms with van der Waals surface area (Å²) >= 11 is 0. The molecule has 1 aromatic heterocycles. The Balaban J connectivity index is 1.15. The van der Waals surface area contributed by atoms with E-state index in [0.717, 1.165) is 42.6 Å². The Labute approximate surface area is 168 Å². The summed E-state index contributed by atoms with van der Waals surface area (Å²) in [6.07, 6.45) is 3.62. The number of likely N-dealkylation sites (tertiary alicyclic amines) is 1. The molecular formula is C23H22N2O4. The minimum atomic E-state index is -0.185. The third-order valence-corrected chi connectivity index (χ3v) is 5.79. The molecule has 0 bridgehead atoms. The quantitative estimate of drug-likeness (QED) is 0.623. The molecule has 0 radical (unpaired) electrons. The van der Waals surface area contributed by atoms with Crippen LogP contribution in [0.5, 0.6) is 5.75 Å². The van der Waals surface area contributed by atoms with Crippen molar-refractivity contribution in [3.05, 3.63) is 65.9 Å². The molecule has 6 nitrogen and oxygen atoms in total. The lowest BCUT2D eigenvalue weighted by molar-refractivity contribution is 0.0600. The highest BCUT2D eigenvalue weighted by atomic mass is 16.5. The van der Waals surface area contributed by atoms with Gasteiger partial charge < -0.3 is 14.1 Å². The van der Waals surface area contributed by atoms with Gasteiger partial charge in [0.05, 0.1) is 17.4 Å². The van der Waals surface area contributed by atoms with Gasteiger partial charge in [0.1, 0.15) is 6.10 Å². The monoisotopic (exact) mass is 390 g/mol. The number of fused-ring (bicyclic) bond motifs is 2. The summed E-state index contributed by atoms with van der Waals surface area (Å²) in [5, 5.41) is 1.04. The maximum absolute atomic E-state index is 12.5. The molecule has 1 saturated heterocycles. The topological polar surface area (TPSA) is 63.0 Å². The number of benzene rings is 2. The summed E-state index contributed by atoms with van der Waals surface area (Å²) in [4.78, 5) is 28.6. The molecule has 0 N–H and O–H groups in total.